The summed E-state index contributed by atoms with van der Waals surface area (Å²) in [6.45, 7) is 11.7. The van der Waals surface area contributed by atoms with E-state index in [0.717, 1.165) is 31.3 Å². The quantitative estimate of drug-likeness (QED) is 0.742. The van der Waals surface area contributed by atoms with Crippen molar-refractivity contribution in [2.24, 2.45) is 17.8 Å². The monoisotopic (exact) mass is 268 g/mol. The molecule has 1 saturated carbocycles. The van der Waals surface area contributed by atoms with E-state index in [1.807, 2.05) is 0 Å². The summed E-state index contributed by atoms with van der Waals surface area (Å²) in [5, 5.41) is 13.6. The van der Waals surface area contributed by atoms with Crippen molar-refractivity contribution in [1.82, 2.24) is 10.2 Å². The van der Waals surface area contributed by atoms with Gasteiger partial charge in [0.25, 0.3) is 0 Å². The molecule has 1 aliphatic carbocycles. The van der Waals surface area contributed by atoms with Crippen LogP contribution >= 0.6 is 0 Å². The zero-order valence-corrected chi connectivity index (χ0v) is 13.0. The number of hydrogen-bond donors (Lipinski definition) is 2. The molecule has 0 aromatic rings. The summed E-state index contributed by atoms with van der Waals surface area (Å²) in [6.07, 6.45) is 5.02. The van der Waals surface area contributed by atoms with E-state index in [-0.39, 0.29) is 12.1 Å². The van der Waals surface area contributed by atoms with Gasteiger partial charge >= 0.3 is 0 Å². The Kier molecular flexibility index (Phi) is 5.27. The lowest BCUT2D eigenvalue weighted by molar-refractivity contribution is 0.0576. The first kappa shape index (κ1) is 15.3. The van der Waals surface area contributed by atoms with Gasteiger partial charge < -0.3 is 15.3 Å². The SMILES string of the molecule is CCCNC(CO)(CN1CCC(C)C(C)C1)C1CC1. The van der Waals surface area contributed by atoms with Crippen LogP contribution in [0.15, 0.2) is 0 Å². The Morgan fingerprint density at radius 3 is 2.47 bits per heavy atom. The molecular formula is C16H32N2O. The molecule has 0 spiro atoms. The highest BCUT2D eigenvalue weighted by Crippen LogP contribution is 2.40. The maximum absolute atomic E-state index is 9.97. The van der Waals surface area contributed by atoms with Gasteiger partial charge in [-0.3, -0.25) is 0 Å². The van der Waals surface area contributed by atoms with Gasteiger partial charge in [0.05, 0.1) is 12.1 Å². The molecule has 0 aromatic carbocycles. The Hall–Kier alpha value is -0.120. The minimum absolute atomic E-state index is 0.0314. The molecule has 112 valence electrons. The molecule has 1 saturated heterocycles. The normalized spacial score (nSPS) is 32.2. The smallest absolute Gasteiger partial charge is 0.0628 e. The van der Waals surface area contributed by atoms with Gasteiger partial charge in [-0.25, -0.2) is 0 Å². The Balaban J connectivity index is 1.95. The van der Waals surface area contributed by atoms with Gasteiger partial charge in [-0.1, -0.05) is 20.8 Å². The molecule has 3 nitrogen and oxygen atoms in total. The van der Waals surface area contributed by atoms with Crippen molar-refractivity contribution in [2.45, 2.75) is 52.0 Å². The number of aliphatic hydroxyl groups excluding tert-OH is 1. The van der Waals surface area contributed by atoms with E-state index in [4.69, 9.17) is 0 Å². The number of rotatable bonds is 7. The van der Waals surface area contributed by atoms with Gasteiger partial charge in [0.15, 0.2) is 0 Å². The Labute approximate surface area is 118 Å². The molecule has 0 amide bonds. The first-order valence-corrected chi connectivity index (χ1v) is 8.19. The maximum atomic E-state index is 9.97. The van der Waals surface area contributed by atoms with E-state index in [1.54, 1.807) is 0 Å². The Morgan fingerprint density at radius 1 is 1.21 bits per heavy atom. The summed E-state index contributed by atoms with van der Waals surface area (Å²) < 4.78 is 0. The fourth-order valence-electron chi connectivity index (χ4n) is 3.47. The molecule has 0 aromatic heterocycles. The number of nitrogens with zero attached hydrogens (tertiary/aromatic N) is 1. The van der Waals surface area contributed by atoms with Crippen LogP contribution in [0.4, 0.5) is 0 Å². The van der Waals surface area contributed by atoms with Crippen LogP contribution in [0.1, 0.15) is 46.5 Å². The minimum Gasteiger partial charge on any atom is -0.394 e. The number of piperidine rings is 1. The second-order valence-corrected chi connectivity index (χ2v) is 6.99. The van der Waals surface area contributed by atoms with Crippen LogP contribution in [0.25, 0.3) is 0 Å². The topological polar surface area (TPSA) is 35.5 Å². The summed E-state index contributed by atoms with van der Waals surface area (Å²) in [5.74, 6) is 2.33. The molecule has 19 heavy (non-hydrogen) atoms. The number of aliphatic hydroxyl groups is 1. The van der Waals surface area contributed by atoms with Crippen molar-refractivity contribution in [3.63, 3.8) is 0 Å². The molecule has 2 rings (SSSR count). The molecule has 0 bridgehead atoms. The lowest BCUT2D eigenvalue weighted by Gasteiger charge is -2.42. The minimum atomic E-state index is -0.0314. The molecule has 0 radical (unpaired) electrons. The largest absolute Gasteiger partial charge is 0.394 e. The second-order valence-electron chi connectivity index (χ2n) is 6.99. The van der Waals surface area contributed by atoms with Gasteiger partial charge in [0.2, 0.25) is 0 Å². The van der Waals surface area contributed by atoms with E-state index in [2.05, 4.69) is 31.0 Å². The van der Waals surface area contributed by atoms with E-state index < -0.39 is 0 Å². The van der Waals surface area contributed by atoms with Crippen LogP contribution in [0.3, 0.4) is 0 Å². The average molecular weight is 268 g/mol. The van der Waals surface area contributed by atoms with Crippen molar-refractivity contribution in [3.8, 4) is 0 Å². The van der Waals surface area contributed by atoms with E-state index in [1.165, 1.54) is 32.4 Å². The Bertz CT molecular complexity index is 280. The zero-order valence-electron chi connectivity index (χ0n) is 13.0. The van der Waals surface area contributed by atoms with E-state index in [0.29, 0.717) is 5.92 Å². The molecule has 2 aliphatic rings. The van der Waals surface area contributed by atoms with Crippen LogP contribution in [0, 0.1) is 17.8 Å². The molecule has 1 aliphatic heterocycles. The van der Waals surface area contributed by atoms with Gasteiger partial charge in [0.1, 0.15) is 0 Å². The second kappa shape index (κ2) is 6.55. The van der Waals surface area contributed by atoms with Crippen LogP contribution < -0.4 is 5.32 Å². The predicted octanol–water partition coefficient (Wildman–Crippen LogP) is 2.10. The van der Waals surface area contributed by atoms with Crippen molar-refractivity contribution < 1.29 is 5.11 Å². The molecule has 1 heterocycles. The van der Waals surface area contributed by atoms with Crippen molar-refractivity contribution >= 4 is 0 Å². The molecule has 3 unspecified atom stereocenters. The highest BCUT2D eigenvalue weighted by atomic mass is 16.3. The third kappa shape index (κ3) is 3.71. The van der Waals surface area contributed by atoms with Gasteiger partial charge in [-0.15, -0.1) is 0 Å². The third-order valence-corrected chi connectivity index (χ3v) is 5.29. The standard InChI is InChI=1S/C16H32N2O/c1-4-8-17-16(12-19,15-5-6-15)11-18-9-7-13(2)14(3)10-18/h13-15,17,19H,4-12H2,1-3H3. The third-order valence-electron chi connectivity index (χ3n) is 5.29. The van der Waals surface area contributed by atoms with Crippen molar-refractivity contribution in [3.05, 3.63) is 0 Å². The fourth-order valence-corrected chi connectivity index (χ4v) is 3.47. The summed E-state index contributed by atoms with van der Waals surface area (Å²) >= 11 is 0. The van der Waals surface area contributed by atoms with Gasteiger partial charge in [-0.05, 0) is 56.5 Å². The Morgan fingerprint density at radius 2 is 1.95 bits per heavy atom. The number of hydrogen-bond acceptors (Lipinski definition) is 3. The summed E-state index contributed by atoms with van der Waals surface area (Å²) in [5.41, 5.74) is -0.0314. The molecule has 3 heteroatoms. The summed E-state index contributed by atoms with van der Waals surface area (Å²) in [7, 11) is 0. The first-order valence-electron chi connectivity index (χ1n) is 8.19. The van der Waals surface area contributed by atoms with Crippen molar-refractivity contribution in [1.29, 1.82) is 0 Å². The molecule has 3 atom stereocenters. The first-order chi connectivity index (χ1) is 9.11. The van der Waals surface area contributed by atoms with Crippen LogP contribution in [-0.2, 0) is 0 Å². The van der Waals surface area contributed by atoms with Gasteiger partial charge in [0, 0.05) is 13.1 Å². The average Bonchev–Trinajstić information content (AvgIpc) is 3.23. The summed E-state index contributed by atoms with van der Waals surface area (Å²) in [6, 6.07) is 0. The van der Waals surface area contributed by atoms with Crippen LogP contribution in [0.5, 0.6) is 0 Å². The highest BCUT2D eigenvalue weighted by Gasteiger charge is 2.45. The number of likely N-dealkylation sites (tertiary alicyclic amines) is 1. The van der Waals surface area contributed by atoms with E-state index >= 15 is 0 Å². The fraction of sp³-hybridized carbons (Fsp3) is 1.00. The highest BCUT2D eigenvalue weighted by molar-refractivity contribution is 5.03. The van der Waals surface area contributed by atoms with Crippen LogP contribution in [-0.4, -0.2) is 48.3 Å². The number of nitrogens with one attached hydrogen (secondary N) is 1. The van der Waals surface area contributed by atoms with Crippen molar-refractivity contribution in [2.75, 3.05) is 32.8 Å². The van der Waals surface area contributed by atoms with Crippen LogP contribution in [0.2, 0.25) is 0 Å². The lowest BCUT2D eigenvalue weighted by atomic mass is 9.86. The maximum Gasteiger partial charge on any atom is 0.0628 e. The summed E-state index contributed by atoms with van der Waals surface area (Å²) in [4.78, 5) is 2.59. The molecular weight excluding hydrogens is 236 g/mol. The van der Waals surface area contributed by atoms with E-state index in [9.17, 15) is 5.11 Å². The lowest BCUT2D eigenvalue weighted by Crippen LogP contribution is -2.59. The zero-order chi connectivity index (χ0) is 13.9. The molecule has 2 fully saturated rings. The predicted molar refractivity (Wildman–Crippen MR) is 80.2 cm³/mol. The van der Waals surface area contributed by atoms with Gasteiger partial charge in [-0.2, -0.15) is 0 Å². The molecule has 2 N–H and O–H groups in total.